The van der Waals surface area contributed by atoms with Gasteiger partial charge in [-0.2, -0.15) is 0 Å². The molecule has 0 amide bonds. The molecule has 1 atom stereocenters. The van der Waals surface area contributed by atoms with Crippen LogP contribution in [0.1, 0.15) is 34.1 Å². The standard InChI is InChI=1S/C8H19ClOSi/c1-6(2)5-7(9)8(3,4)10-11/h6-7H,5H2,1-4,11H3. The summed E-state index contributed by atoms with van der Waals surface area (Å²) in [5, 5.41) is 0.139. The number of hydrogen-bond donors (Lipinski definition) is 0. The highest BCUT2D eigenvalue weighted by atomic mass is 35.5. The average Bonchev–Trinajstić information content (AvgIpc) is 1.86. The summed E-state index contributed by atoms with van der Waals surface area (Å²) >= 11 is 6.16. The minimum absolute atomic E-state index is 0.139. The molecular formula is C8H19ClOSi. The van der Waals surface area contributed by atoms with E-state index in [1.165, 1.54) is 0 Å². The van der Waals surface area contributed by atoms with Crippen LogP contribution in [0.15, 0.2) is 0 Å². The van der Waals surface area contributed by atoms with E-state index in [0.29, 0.717) is 5.92 Å². The second-order valence-corrected chi connectivity index (χ2v) is 4.84. The lowest BCUT2D eigenvalue weighted by molar-refractivity contribution is 0.110. The van der Waals surface area contributed by atoms with Crippen molar-refractivity contribution in [3.8, 4) is 0 Å². The lowest BCUT2D eigenvalue weighted by atomic mass is 9.97. The number of halogens is 1. The molecule has 0 aliphatic carbocycles. The van der Waals surface area contributed by atoms with Crippen LogP contribution in [0.2, 0.25) is 0 Å². The third-order valence-electron chi connectivity index (χ3n) is 1.96. The third kappa shape index (κ3) is 4.14. The van der Waals surface area contributed by atoms with Gasteiger partial charge >= 0.3 is 0 Å². The van der Waals surface area contributed by atoms with E-state index < -0.39 is 0 Å². The van der Waals surface area contributed by atoms with E-state index >= 15 is 0 Å². The molecule has 0 radical (unpaired) electrons. The first-order chi connectivity index (χ1) is 4.90. The van der Waals surface area contributed by atoms with Crippen LogP contribution in [0.4, 0.5) is 0 Å². The SMILES string of the molecule is CC(C)CC(Cl)C(C)(C)O[SiH3]. The summed E-state index contributed by atoms with van der Waals surface area (Å²) in [6.45, 7) is 8.47. The Morgan fingerprint density at radius 3 is 2.18 bits per heavy atom. The van der Waals surface area contributed by atoms with Crippen LogP contribution in [0, 0.1) is 5.92 Å². The van der Waals surface area contributed by atoms with Gasteiger partial charge in [0.1, 0.15) is 10.5 Å². The van der Waals surface area contributed by atoms with E-state index in [0.717, 1.165) is 16.9 Å². The summed E-state index contributed by atoms with van der Waals surface area (Å²) in [5.41, 5.74) is -0.141. The summed E-state index contributed by atoms with van der Waals surface area (Å²) in [5.74, 6) is 0.647. The van der Waals surface area contributed by atoms with Gasteiger partial charge < -0.3 is 4.43 Å². The van der Waals surface area contributed by atoms with Crippen LogP contribution in [0.3, 0.4) is 0 Å². The molecule has 0 aromatic carbocycles. The van der Waals surface area contributed by atoms with E-state index in [9.17, 15) is 0 Å². The zero-order valence-electron chi connectivity index (χ0n) is 8.15. The predicted molar refractivity (Wildman–Crippen MR) is 54.2 cm³/mol. The monoisotopic (exact) mass is 194 g/mol. The molecular weight excluding hydrogens is 176 g/mol. The molecule has 0 heterocycles. The van der Waals surface area contributed by atoms with Crippen molar-refractivity contribution in [2.75, 3.05) is 0 Å². The van der Waals surface area contributed by atoms with Crippen LogP contribution in [-0.2, 0) is 4.43 Å². The van der Waals surface area contributed by atoms with Crippen molar-refractivity contribution in [2.24, 2.45) is 5.92 Å². The Kier molecular flexibility index (Phi) is 4.67. The van der Waals surface area contributed by atoms with Crippen molar-refractivity contribution >= 4 is 22.1 Å². The fraction of sp³-hybridized carbons (Fsp3) is 1.00. The van der Waals surface area contributed by atoms with E-state index in [1.807, 2.05) is 0 Å². The molecule has 0 bridgehead atoms. The summed E-state index contributed by atoms with van der Waals surface area (Å²) in [7, 11) is 0.761. The second-order valence-electron chi connectivity index (χ2n) is 3.90. The number of alkyl halides is 1. The molecule has 0 fully saturated rings. The molecule has 3 heteroatoms. The minimum Gasteiger partial charge on any atom is -0.422 e. The zero-order chi connectivity index (χ0) is 9.07. The summed E-state index contributed by atoms with van der Waals surface area (Å²) in [6.07, 6.45) is 1.02. The van der Waals surface area contributed by atoms with Gasteiger partial charge in [-0.3, -0.25) is 0 Å². The Morgan fingerprint density at radius 2 is 1.91 bits per heavy atom. The van der Waals surface area contributed by atoms with E-state index in [2.05, 4.69) is 27.7 Å². The first kappa shape index (κ1) is 11.5. The molecule has 0 saturated heterocycles. The first-order valence-corrected chi connectivity index (χ1v) is 5.34. The van der Waals surface area contributed by atoms with E-state index in [4.69, 9.17) is 16.0 Å². The average molecular weight is 195 g/mol. The van der Waals surface area contributed by atoms with Crippen LogP contribution < -0.4 is 0 Å². The summed E-state index contributed by atoms with van der Waals surface area (Å²) in [6, 6.07) is 0. The van der Waals surface area contributed by atoms with E-state index in [-0.39, 0.29) is 11.0 Å². The van der Waals surface area contributed by atoms with Gasteiger partial charge in [-0.25, -0.2) is 0 Å². The minimum atomic E-state index is -0.141. The highest BCUT2D eigenvalue weighted by Gasteiger charge is 2.26. The Hall–Kier alpha value is 0.467. The maximum absolute atomic E-state index is 6.16. The van der Waals surface area contributed by atoms with Crippen molar-refractivity contribution in [1.29, 1.82) is 0 Å². The highest BCUT2D eigenvalue weighted by molar-refractivity contribution is 6.21. The molecule has 11 heavy (non-hydrogen) atoms. The highest BCUT2D eigenvalue weighted by Crippen LogP contribution is 2.24. The molecule has 0 aliphatic heterocycles. The molecule has 0 aliphatic rings. The van der Waals surface area contributed by atoms with Gasteiger partial charge in [0.05, 0.1) is 11.0 Å². The van der Waals surface area contributed by atoms with Crippen LogP contribution in [-0.4, -0.2) is 21.5 Å². The number of hydrogen-bond acceptors (Lipinski definition) is 1. The molecule has 1 unspecified atom stereocenters. The van der Waals surface area contributed by atoms with Gasteiger partial charge in [-0.15, -0.1) is 11.6 Å². The quantitative estimate of drug-likeness (QED) is 0.489. The summed E-state index contributed by atoms with van der Waals surface area (Å²) in [4.78, 5) is 0. The van der Waals surface area contributed by atoms with Gasteiger partial charge in [0.2, 0.25) is 0 Å². The lowest BCUT2D eigenvalue weighted by Crippen LogP contribution is -2.35. The largest absolute Gasteiger partial charge is 0.422 e. The van der Waals surface area contributed by atoms with Crippen molar-refractivity contribution in [2.45, 2.75) is 45.1 Å². The van der Waals surface area contributed by atoms with Crippen LogP contribution in [0.5, 0.6) is 0 Å². The Bertz CT molecular complexity index is 115. The van der Waals surface area contributed by atoms with Crippen molar-refractivity contribution in [3.63, 3.8) is 0 Å². The zero-order valence-corrected chi connectivity index (χ0v) is 10.9. The first-order valence-electron chi connectivity index (χ1n) is 4.09. The van der Waals surface area contributed by atoms with Crippen molar-refractivity contribution < 1.29 is 4.43 Å². The molecule has 0 saturated carbocycles. The van der Waals surface area contributed by atoms with Gasteiger partial charge in [-0.1, -0.05) is 13.8 Å². The fourth-order valence-electron chi connectivity index (χ4n) is 0.826. The van der Waals surface area contributed by atoms with Gasteiger partial charge in [-0.05, 0) is 26.2 Å². The van der Waals surface area contributed by atoms with Crippen molar-refractivity contribution in [1.82, 2.24) is 0 Å². The maximum atomic E-state index is 6.16. The van der Waals surface area contributed by atoms with Crippen LogP contribution >= 0.6 is 11.6 Å². The second kappa shape index (κ2) is 4.48. The van der Waals surface area contributed by atoms with E-state index in [1.54, 1.807) is 0 Å². The molecule has 68 valence electrons. The smallest absolute Gasteiger partial charge is 0.146 e. The molecule has 0 aromatic rings. The normalized spacial score (nSPS) is 15.8. The van der Waals surface area contributed by atoms with Gasteiger partial charge in [0.25, 0.3) is 0 Å². The predicted octanol–water partition coefficient (Wildman–Crippen LogP) is 1.72. The lowest BCUT2D eigenvalue weighted by Gasteiger charge is -2.30. The Balaban J connectivity index is 3.90. The topological polar surface area (TPSA) is 9.23 Å². The molecule has 0 aromatic heterocycles. The molecule has 0 N–H and O–H groups in total. The third-order valence-corrected chi connectivity index (χ3v) is 3.71. The Labute approximate surface area is 78.0 Å². The summed E-state index contributed by atoms with van der Waals surface area (Å²) < 4.78 is 5.41. The number of rotatable bonds is 4. The van der Waals surface area contributed by atoms with Crippen LogP contribution in [0.25, 0.3) is 0 Å². The van der Waals surface area contributed by atoms with Crippen molar-refractivity contribution in [3.05, 3.63) is 0 Å². The fourth-order valence-corrected chi connectivity index (χ4v) is 1.70. The molecule has 1 nitrogen and oxygen atoms in total. The van der Waals surface area contributed by atoms with Gasteiger partial charge in [0, 0.05) is 0 Å². The molecule has 0 spiro atoms. The van der Waals surface area contributed by atoms with Gasteiger partial charge in [0.15, 0.2) is 0 Å². The molecule has 0 rings (SSSR count). The Morgan fingerprint density at radius 1 is 1.45 bits per heavy atom. The maximum Gasteiger partial charge on any atom is 0.146 e.